The average Bonchev–Trinajstić information content (AvgIpc) is 3.29. The van der Waals surface area contributed by atoms with Gasteiger partial charge in [-0.25, -0.2) is 0 Å². The molecule has 1 aromatic heterocycles. The standard InChI is InChI=1S/C18H28N4O2S/c1-19-18(21(2)11-14-5-9-24-13-14)20-7-3-17(23)22-8-4-16-15(12-22)6-10-25-16/h6,10,14H,3-5,7-9,11-13H2,1-2H3,(H,19,20). The minimum absolute atomic E-state index is 0.214. The second-order valence-corrected chi connectivity index (χ2v) is 7.77. The summed E-state index contributed by atoms with van der Waals surface area (Å²) in [5.41, 5.74) is 1.31. The summed E-state index contributed by atoms with van der Waals surface area (Å²) in [6.45, 7) is 4.83. The molecule has 1 aromatic rings. The van der Waals surface area contributed by atoms with Crippen LogP contribution >= 0.6 is 11.3 Å². The highest BCUT2D eigenvalue weighted by Crippen LogP contribution is 2.24. The molecule has 3 rings (SSSR count). The summed E-state index contributed by atoms with van der Waals surface area (Å²) >= 11 is 1.80. The lowest BCUT2D eigenvalue weighted by Gasteiger charge is -2.28. The van der Waals surface area contributed by atoms with E-state index in [2.05, 4.69) is 26.7 Å². The topological polar surface area (TPSA) is 57.2 Å². The predicted octanol–water partition coefficient (Wildman–Crippen LogP) is 1.57. The quantitative estimate of drug-likeness (QED) is 0.636. The fourth-order valence-corrected chi connectivity index (χ4v) is 4.38. The van der Waals surface area contributed by atoms with E-state index in [-0.39, 0.29) is 5.91 Å². The van der Waals surface area contributed by atoms with Crippen LogP contribution in [0.3, 0.4) is 0 Å². The van der Waals surface area contributed by atoms with Crippen LogP contribution in [0.4, 0.5) is 0 Å². The molecule has 1 unspecified atom stereocenters. The third-order valence-corrected chi connectivity index (χ3v) is 5.93. The van der Waals surface area contributed by atoms with Gasteiger partial charge in [-0.3, -0.25) is 9.79 Å². The van der Waals surface area contributed by atoms with Gasteiger partial charge < -0.3 is 19.9 Å². The number of aliphatic imine (C=N–C) groups is 1. The van der Waals surface area contributed by atoms with Crippen molar-refractivity contribution in [1.29, 1.82) is 0 Å². The fourth-order valence-electron chi connectivity index (χ4n) is 3.49. The Morgan fingerprint density at radius 2 is 2.44 bits per heavy atom. The van der Waals surface area contributed by atoms with Gasteiger partial charge in [0.2, 0.25) is 5.91 Å². The molecule has 3 heterocycles. The van der Waals surface area contributed by atoms with E-state index < -0.39 is 0 Å². The first-order valence-corrected chi connectivity index (χ1v) is 9.88. The monoisotopic (exact) mass is 364 g/mol. The summed E-state index contributed by atoms with van der Waals surface area (Å²) in [5, 5.41) is 5.44. The van der Waals surface area contributed by atoms with Crippen molar-refractivity contribution in [2.24, 2.45) is 10.9 Å². The molecule has 1 fully saturated rings. The fraction of sp³-hybridized carbons (Fsp3) is 0.667. The maximum absolute atomic E-state index is 12.5. The van der Waals surface area contributed by atoms with E-state index in [0.717, 1.165) is 51.6 Å². The van der Waals surface area contributed by atoms with E-state index in [9.17, 15) is 4.79 Å². The number of rotatable bonds is 5. The summed E-state index contributed by atoms with van der Waals surface area (Å²) in [5.74, 6) is 1.63. The van der Waals surface area contributed by atoms with Crippen LogP contribution in [0.15, 0.2) is 16.4 Å². The number of amides is 1. The van der Waals surface area contributed by atoms with E-state index in [0.29, 0.717) is 18.9 Å². The van der Waals surface area contributed by atoms with Crippen molar-refractivity contribution in [2.45, 2.75) is 25.8 Å². The highest BCUT2D eigenvalue weighted by atomic mass is 32.1. The number of ether oxygens (including phenoxy) is 1. The molecule has 2 aliphatic heterocycles. The third-order valence-electron chi connectivity index (χ3n) is 4.91. The van der Waals surface area contributed by atoms with Crippen molar-refractivity contribution >= 4 is 23.2 Å². The molecule has 0 aromatic carbocycles. The zero-order valence-corrected chi connectivity index (χ0v) is 16.0. The first-order valence-electron chi connectivity index (χ1n) is 9.00. The van der Waals surface area contributed by atoms with Crippen LogP contribution in [0.2, 0.25) is 0 Å². The van der Waals surface area contributed by atoms with E-state index in [4.69, 9.17) is 4.74 Å². The molecule has 0 saturated carbocycles. The number of fused-ring (bicyclic) bond motifs is 1. The highest BCUT2D eigenvalue weighted by molar-refractivity contribution is 7.10. The van der Waals surface area contributed by atoms with Gasteiger partial charge in [0.05, 0.1) is 6.61 Å². The molecule has 25 heavy (non-hydrogen) atoms. The van der Waals surface area contributed by atoms with Gasteiger partial charge in [-0.05, 0) is 29.9 Å². The van der Waals surface area contributed by atoms with Crippen LogP contribution in [0, 0.1) is 5.92 Å². The van der Waals surface area contributed by atoms with E-state index in [1.165, 1.54) is 10.4 Å². The Hall–Kier alpha value is -1.60. The molecule has 138 valence electrons. The summed E-state index contributed by atoms with van der Waals surface area (Å²) in [6, 6.07) is 2.14. The van der Waals surface area contributed by atoms with Gasteiger partial charge in [-0.15, -0.1) is 11.3 Å². The SMILES string of the molecule is CN=C(NCCC(=O)N1CCc2sccc2C1)N(C)CC1CCOC1. The second-order valence-electron chi connectivity index (χ2n) is 6.77. The first kappa shape index (κ1) is 18.2. The average molecular weight is 365 g/mol. The second kappa shape index (κ2) is 8.67. The molecule has 0 bridgehead atoms. The lowest BCUT2D eigenvalue weighted by atomic mass is 10.1. The number of nitrogens with one attached hydrogen (secondary N) is 1. The van der Waals surface area contributed by atoms with Crippen LogP contribution in [-0.4, -0.2) is 68.6 Å². The normalized spacial score (nSPS) is 20.5. The van der Waals surface area contributed by atoms with Crippen molar-refractivity contribution in [1.82, 2.24) is 15.1 Å². The molecular weight excluding hydrogens is 336 g/mol. The van der Waals surface area contributed by atoms with Crippen molar-refractivity contribution in [3.63, 3.8) is 0 Å². The van der Waals surface area contributed by atoms with Gasteiger partial charge in [0.15, 0.2) is 5.96 Å². The number of nitrogens with zero attached hydrogens (tertiary/aromatic N) is 3. The molecular formula is C18H28N4O2S. The van der Waals surface area contributed by atoms with Crippen molar-refractivity contribution < 1.29 is 9.53 Å². The Morgan fingerprint density at radius 3 is 3.20 bits per heavy atom. The number of hydrogen-bond donors (Lipinski definition) is 1. The Balaban J connectivity index is 1.41. The molecule has 1 saturated heterocycles. The zero-order valence-electron chi connectivity index (χ0n) is 15.2. The largest absolute Gasteiger partial charge is 0.381 e. The Labute approximate surface area is 153 Å². The van der Waals surface area contributed by atoms with Gasteiger partial charge >= 0.3 is 0 Å². The zero-order chi connectivity index (χ0) is 17.6. The van der Waals surface area contributed by atoms with Gasteiger partial charge in [-0.2, -0.15) is 0 Å². The number of carbonyl (C=O) groups excluding carboxylic acids is 1. The van der Waals surface area contributed by atoms with Crippen LogP contribution in [0.25, 0.3) is 0 Å². The maximum Gasteiger partial charge on any atom is 0.224 e. The van der Waals surface area contributed by atoms with Crippen molar-refractivity contribution in [3.05, 3.63) is 21.9 Å². The minimum atomic E-state index is 0.214. The van der Waals surface area contributed by atoms with E-state index in [1.807, 2.05) is 11.9 Å². The van der Waals surface area contributed by atoms with Crippen LogP contribution in [0.5, 0.6) is 0 Å². The Kier molecular flexibility index (Phi) is 6.31. The first-order chi connectivity index (χ1) is 12.2. The minimum Gasteiger partial charge on any atom is -0.381 e. The lowest BCUT2D eigenvalue weighted by Crippen LogP contribution is -2.43. The molecule has 1 amide bonds. The van der Waals surface area contributed by atoms with Crippen LogP contribution < -0.4 is 5.32 Å². The van der Waals surface area contributed by atoms with Crippen molar-refractivity contribution in [3.8, 4) is 0 Å². The van der Waals surface area contributed by atoms with Gasteiger partial charge in [0, 0.05) is 64.1 Å². The van der Waals surface area contributed by atoms with Crippen molar-refractivity contribution in [2.75, 3.05) is 46.9 Å². The molecule has 0 spiro atoms. The van der Waals surface area contributed by atoms with Crippen LogP contribution in [-0.2, 0) is 22.5 Å². The molecule has 1 N–H and O–H groups in total. The lowest BCUT2D eigenvalue weighted by molar-refractivity contribution is -0.131. The molecule has 2 aliphatic rings. The van der Waals surface area contributed by atoms with Gasteiger partial charge in [-0.1, -0.05) is 0 Å². The Morgan fingerprint density at radius 1 is 1.56 bits per heavy atom. The van der Waals surface area contributed by atoms with E-state index >= 15 is 0 Å². The summed E-state index contributed by atoms with van der Waals surface area (Å²) < 4.78 is 5.43. The number of guanidine groups is 1. The predicted molar refractivity (Wildman–Crippen MR) is 101 cm³/mol. The van der Waals surface area contributed by atoms with Crippen LogP contribution in [0.1, 0.15) is 23.3 Å². The van der Waals surface area contributed by atoms with E-state index in [1.54, 1.807) is 18.4 Å². The highest BCUT2D eigenvalue weighted by Gasteiger charge is 2.22. The smallest absolute Gasteiger partial charge is 0.224 e. The van der Waals surface area contributed by atoms with Gasteiger partial charge in [0.1, 0.15) is 0 Å². The number of thiophene rings is 1. The summed E-state index contributed by atoms with van der Waals surface area (Å²) in [4.78, 5) is 22.3. The molecule has 6 nitrogen and oxygen atoms in total. The molecule has 1 atom stereocenters. The number of hydrogen-bond acceptors (Lipinski definition) is 4. The Bertz CT molecular complexity index is 610. The molecule has 7 heteroatoms. The molecule has 0 aliphatic carbocycles. The summed E-state index contributed by atoms with van der Waals surface area (Å²) in [7, 11) is 3.83. The maximum atomic E-state index is 12.5. The van der Waals surface area contributed by atoms with Gasteiger partial charge in [0.25, 0.3) is 0 Å². The summed E-state index contributed by atoms with van der Waals surface area (Å²) in [6.07, 6.45) is 2.60. The third kappa shape index (κ3) is 4.73. The number of carbonyl (C=O) groups is 1. The molecule has 0 radical (unpaired) electrons.